The molecule has 0 aliphatic carbocycles. The molecule has 0 saturated carbocycles. The van der Waals surface area contributed by atoms with Crippen LogP contribution in [0.3, 0.4) is 0 Å². The van der Waals surface area contributed by atoms with Crippen LogP contribution in [0.4, 0.5) is 5.82 Å². The molecule has 1 N–H and O–H groups in total. The maximum Gasteiger partial charge on any atom is 0.242 e. The lowest BCUT2D eigenvalue weighted by molar-refractivity contribution is -0.130. The van der Waals surface area contributed by atoms with Crippen LogP contribution in [0.15, 0.2) is 24.8 Å². The van der Waals surface area contributed by atoms with Gasteiger partial charge in [0, 0.05) is 23.8 Å². The van der Waals surface area contributed by atoms with Gasteiger partial charge in [0.1, 0.15) is 11.8 Å². The van der Waals surface area contributed by atoms with Gasteiger partial charge in [0.15, 0.2) is 11.5 Å². The Morgan fingerprint density at radius 2 is 2.08 bits per heavy atom. The summed E-state index contributed by atoms with van der Waals surface area (Å²) in [5, 5.41) is 0. The van der Waals surface area contributed by atoms with E-state index in [1.807, 2.05) is 25.9 Å². The molecular formula is C16H20N6OS. The number of aryl methyl sites for hydroxylation is 1. The first-order chi connectivity index (χ1) is 11.5. The Morgan fingerprint density at radius 3 is 2.79 bits per heavy atom. The number of anilines is 1. The van der Waals surface area contributed by atoms with Crippen LogP contribution in [0.25, 0.3) is 11.2 Å². The largest absolute Gasteiger partial charge is 0.348 e. The molecule has 126 valence electrons. The van der Waals surface area contributed by atoms with Crippen LogP contribution >= 0.6 is 11.3 Å². The van der Waals surface area contributed by atoms with Gasteiger partial charge in [0.2, 0.25) is 5.91 Å². The van der Waals surface area contributed by atoms with Gasteiger partial charge >= 0.3 is 0 Å². The Kier molecular flexibility index (Phi) is 4.48. The zero-order valence-corrected chi connectivity index (χ0v) is 15.0. The lowest BCUT2D eigenvalue weighted by atomic mass is 10.2. The molecule has 0 saturated heterocycles. The first-order valence-electron chi connectivity index (χ1n) is 7.64. The maximum atomic E-state index is 12.6. The van der Waals surface area contributed by atoms with Crippen LogP contribution in [-0.2, 0) is 4.79 Å². The summed E-state index contributed by atoms with van der Waals surface area (Å²) in [4.78, 5) is 34.2. The van der Waals surface area contributed by atoms with Crippen molar-refractivity contribution in [2.24, 2.45) is 0 Å². The fraction of sp³-hybridized carbons (Fsp3) is 0.375. The van der Waals surface area contributed by atoms with E-state index in [-0.39, 0.29) is 18.5 Å². The number of hydrogen-bond donors (Lipinski definition) is 1. The molecule has 0 radical (unpaired) electrons. The topological polar surface area (TPSA) is 78.0 Å². The first-order valence-corrected chi connectivity index (χ1v) is 8.46. The number of carbonyl (C=O) groups is 1. The minimum Gasteiger partial charge on any atom is -0.348 e. The molecule has 0 aliphatic rings. The predicted octanol–water partition coefficient (Wildman–Crippen LogP) is 2.38. The van der Waals surface area contributed by atoms with Gasteiger partial charge in [-0.15, -0.1) is 11.3 Å². The second-order valence-corrected chi connectivity index (χ2v) is 7.10. The minimum atomic E-state index is 0.0299. The number of carbonyl (C=O) groups excluding carboxylic acids is 1. The Morgan fingerprint density at radius 1 is 1.29 bits per heavy atom. The zero-order valence-electron chi connectivity index (χ0n) is 14.1. The molecule has 1 atom stereocenters. The van der Waals surface area contributed by atoms with Crippen molar-refractivity contribution >= 4 is 34.2 Å². The minimum absolute atomic E-state index is 0.0299. The summed E-state index contributed by atoms with van der Waals surface area (Å²) < 4.78 is 0. The lowest BCUT2D eigenvalue weighted by Crippen LogP contribution is -2.38. The molecule has 7 nitrogen and oxygen atoms in total. The number of imidazole rings is 1. The summed E-state index contributed by atoms with van der Waals surface area (Å²) in [5.74, 6) is 0.696. The number of nitrogens with zero attached hydrogens (tertiary/aromatic N) is 5. The molecule has 3 heterocycles. The van der Waals surface area contributed by atoms with E-state index in [0.29, 0.717) is 11.5 Å². The van der Waals surface area contributed by atoms with Crippen molar-refractivity contribution in [1.29, 1.82) is 0 Å². The summed E-state index contributed by atoms with van der Waals surface area (Å²) in [6, 6.07) is 4.20. The monoisotopic (exact) mass is 344 g/mol. The van der Waals surface area contributed by atoms with E-state index < -0.39 is 0 Å². The average molecular weight is 344 g/mol. The molecule has 3 aromatic rings. The van der Waals surface area contributed by atoms with Crippen molar-refractivity contribution in [3.8, 4) is 0 Å². The zero-order chi connectivity index (χ0) is 17.3. The Labute approximate surface area is 144 Å². The van der Waals surface area contributed by atoms with Crippen LogP contribution in [0.2, 0.25) is 0 Å². The highest BCUT2D eigenvalue weighted by molar-refractivity contribution is 7.12. The standard InChI is InChI=1S/C16H20N6OS/c1-10-5-6-12(24-10)11(2)22(4)13(23)7-21(3)16-14-15(18-8-17-14)19-9-20-16/h5-6,8-9,11H,7H2,1-4H3,(H,17,18,19,20)/t11-/m0/s1. The van der Waals surface area contributed by atoms with Crippen LogP contribution < -0.4 is 4.90 Å². The quantitative estimate of drug-likeness (QED) is 0.769. The number of amides is 1. The highest BCUT2D eigenvalue weighted by Crippen LogP contribution is 2.26. The maximum absolute atomic E-state index is 12.6. The van der Waals surface area contributed by atoms with Gasteiger partial charge in [-0.3, -0.25) is 4.79 Å². The van der Waals surface area contributed by atoms with Gasteiger partial charge in [-0.1, -0.05) is 0 Å². The predicted molar refractivity (Wildman–Crippen MR) is 95.2 cm³/mol. The molecule has 0 unspecified atom stereocenters. The van der Waals surface area contributed by atoms with Gasteiger partial charge < -0.3 is 14.8 Å². The fourth-order valence-corrected chi connectivity index (χ4v) is 3.49. The van der Waals surface area contributed by atoms with Crippen molar-refractivity contribution < 1.29 is 4.79 Å². The molecule has 0 fully saturated rings. The van der Waals surface area contributed by atoms with Gasteiger partial charge in [-0.05, 0) is 26.0 Å². The SMILES string of the molecule is Cc1ccc([C@H](C)N(C)C(=O)CN(C)c2ncnc3nc[nH]c23)s1. The Balaban J connectivity index is 1.73. The molecule has 0 spiro atoms. The third kappa shape index (κ3) is 3.09. The van der Waals surface area contributed by atoms with E-state index in [2.05, 4.69) is 39.0 Å². The van der Waals surface area contributed by atoms with Gasteiger partial charge in [0.25, 0.3) is 0 Å². The van der Waals surface area contributed by atoms with Crippen LogP contribution in [-0.4, -0.2) is 51.4 Å². The molecule has 0 aromatic carbocycles. The van der Waals surface area contributed by atoms with E-state index >= 15 is 0 Å². The van der Waals surface area contributed by atoms with Crippen molar-refractivity contribution in [2.45, 2.75) is 19.9 Å². The van der Waals surface area contributed by atoms with Gasteiger partial charge in [-0.2, -0.15) is 0 Å². The molecule has 24 heavy (non-hydrogen) atoms. The number of hydrogen-bond acceptors (Lipinski definition) is 6. The number of fused-ring (bicyclic) bond motifs is 1. The van der Waals surface area contributed by atoms with Crippen molar-refractivity contribution in [3.05, 3.63) is 34.5 Å². The highest BCUT2D eigenvalue weighted by atomic mass is 32.1. The highest BCUT2D eigenvalue weighted by Gasteiger charge is 2.21. The lowest BCUT2D eigenvalue weighted by Gasteiger charge is -2.27. The second-order valence-electron chi connectivity index (χ2n) is 5.78. The normalized spacial score (nSPS) is 12.3. The molecule has 3 rings (SSSR count). The molecule has 0 aliphatic heterocycles. The Bertz CT molecular complexity index is 857. The number of H-pyrrole nitrogens is 1. The van der Waals surface area contributed by atoms with Gasteiger partial charge in [-0.25, -0.2) is 15.0 Å². The molecular weight excluding hydrogens is 324 g/mol. The Hall–Kier alpha value is -2.48. The average Bonchev–Trinajstić information content (AvgIpc) is 3.21. The summed E-state index contributed by atoms with van der Waals surface area (Å²) in [5.41, 5.74) is 1.33. The smallest absolute Gasteiger partial charge is 0.242 e. The molecule has 0 bridgehead atoms. The summed E-state index contributed by atoms with van der Waals surface area (Å²) in [7, 11) is 3.68. The third-order valence-corrected chi connectivity index (χ3v) is 5.26. The van der Waals surface area contributed by atoms with E-state index in [0.717, 1.165) is 5.52 Å². The number of aromatic amines is 1. The number of aromatic nitrogens is 4. The second kappa shape index (κ2) is 6.56. The van der Waals surface area contributed by atoms with Gasteiger partial charge in [0.05, 0.1) is 18.9 Å². The summed E-state index contributed by atoms with van der Waals surface area (Å²) in [6.45, 7) is 4.35. The first kappa shape index (κ1) is 16.4. The van der Waals surface area contributed by atoms with E-state index in [9.17, 15) is 4.79 Å². The van der Waals surface area contributed by atoms with Crippen molar-refractivity contribution in [2.75, 3.05) is 25.5 Å². The number of likely N-dealkylation sites (N-methyl/N-ethyl adjacent to an activating group) is 2. The fourth-order valence-electron chi connectivity index (χ4n) is 2.52. The molecule has 3 aromatic heterocycles. The van der Waals surface area contributed by atoms with Crippen molar-refractivity contribution in [1.82, 2.24) is 24.8 Å². The molecule has 8 heteroatoms. The van der Waals surface area contributed by atoms with E-state index in [1.54, 1.807) is 22.6 Å². The molecule has 1 amide bonds. The van der Waals surface area contributed by atoms with E-state index in [4.69, 9.17) is 0 Å². The van der Waals surface area contributed by atoms with Crippen LogP contribution in [0.1, 0.15) is 22.7 Å². The van der Waals surface area contributed by atoms with Crippen LogP contribution in [0, 0.1) is 6.92 Å². The summed E-state index contributed by atoms with van der Waals surface area (Å²) in [6.07, 6.45) is 3.03. The summed E-state index contributed by atoms with van der Waals surface area (Å²) >= 11 is 1.72. The van der Waals surface area contributed by atoms with Crippen LogP contribution in [0.5, 0.6) is 0 Å². The number of rotatable bonds is 5. The van der Waals surface area contributed by atoms with Crippen molar-refractivity contribution in [3.63, 3.8) is 0 Å². The third-order valence-electron chi connectivity index (χ3n) is 4.08. The number of thiophene rings is 1. The van der Waals surface area contributed by atoms with E-state index in [1.165, 1.54) is 16.1 Å². The number of nitrogens with one attached hydrogen (secondary N) is 1.